The normalized spacial score (nSPS) is 16.4. The summed E-state index contributed by atoms with van der Waals surface area (Å²) in [4.78, 5) is 17.7. The SMILES string of the molecule is Nc1ncn(CC(=O)NCCCN2CCOCC2)n1. The number of carbonyl (C=O) groups is 1. The second-order valence-corrected chi connectivity index (χ2v) is 4.46. The highest BCUT2D eigenvalue weighted by Gasteiger charge is 2.09. The Labute approximate surface area is 111 Å². The summed E-state index contributed by atoms with van der Waals surface area (Å²) in [7, 11) is 0. The molecular weight excluding hydrogens is 248 g/mol. The van der Waals surface area contributed by atoms with Crippen LogP contribution < -0.4 is 11.1 Å². The smallest absolute Gasteiger partial charge is 0.241 e. The standard InChI is InChI=1S/C11H20N6O2/c12-11-14-9-17(15-11)8-10(18)13-2-1-3-16-4-6-19-7-5-16/h9H,1-8H2,(H2,12,15)(H,13,18). The second-order valence-electron chi connectivity index (χ2n) is 4.46. The average molecular weight is 268 g/mol. The maximum absolute atomic E-state index is 11.6. The van der Waals surface area contributed by atoms with Gasteiger partial charge in [-0.1, -0.05) is 0 Å². The first kappa shape index (κ1) is 13.8. The zero-order chi connectivity index (χ0) is 13.5. The van der Waals surface area contributed by atoms with Crippen LogP contribution in [0.25, 0.3) is 0 Å². The highest BCUT2D eigenvalue weighted by atomic mass is 16.5. The van der Waals surface area contributed by atoms with Crippen LogP contribution in [0, 0.1) is 0 Å². The summed E-state index contributed by atoms with van der Waals surface area (Å²) < 4.78 is 6.70. The molecule has 19 heavy (non-hydrogen) atoms. The van der Waals surface area contributed by atoms with Crippen molar-refractivity contribution in [1.82, 2.24) is 25.0 Å². The molecule has 0 aliphatic carbocycles. The lowest BCUT2D eigenvalue weighted by Crippen LogP contribution is -2.38. The van der Waals surface area contributed by atoms with Crippen molar-refractivity contribution >= 4 is 11.9 Å². The van der Waals surface area contributed by atoms with E-state index in [1.54, 1.807) is 0 Å². The maximum atomic E-state index is 11.6. The molecule has 1 aromatic rings. The van der Waals surface area contributed by atoms with E-state index >= 15 is 0 Å². The number of anilines is 1. The van der Waals surface area contributed by atoms with Crippen molar-refractivity contribution in [1.29, 1.82) is 0 Å². The van der Waals surface area contributed by atoms with E-state index in [4.69, 9.17) is 10.5 Å². The lowest BCUT2D eigenvalue weighted by molar-refractivity contribution is -0.121. The molecule has 0 bridgehead atoms. The van der Waals surface area contributed by atoms with Gasteiger partial charge in [-0.2, -0.15) is 0 Å². The second kappa shape index (κ2) is 7.05. The summed E-state index contributed by atoms with van der Waals surface area (Å²) in [6, 6.07) is 0. The summed E-state index contributed by atoms with van der Waals surface area (Å²) in [5.74, 6) is 0.104. The van der Waals surface area contributed by atoms with Crippen molar-refractivity contribution in [3.05, 3.63) is 6.33 Å². The fourth-order valence-electron chi connectivity index (χ4n) is 1.94. The van der Waals surface area contributed by atoms with Crippen LogP contribution >= 0.6 is 0 Å². The fraction of sp³-hybridized carbons (Fsp3) is 0.727. The third-order valence-electron chi connectivity index (χ3n) is 2.94. The Bertz CT molecular complexity index is 402. The molecule has 8 heteroatoms. The first-order chi connectivity index (χ1) is 9.24. The summed E-state index contributed by atoms with van der Waals surface area (Å²) in [6.45, 7) is 5.38. The first-order valence-corrected chi connectivity index (χ1v) is 6.46. The molecule has 1 aliphatic heterocycles. The molecule has 2 rings (SSSR count). The topological polar surface area (TPSA) is 98.3 Å². The van der Waals surface area contributed by atoms with Crippen LogP contribution in [-0.4, -0.2) is 65.0 Å². The van der Waals surface area contributed by atoms with Gasteiger partial charge in [-0.05, 0) is 13.0 Å². The Morgan fingerprint density at radius 1 is 1.47 bits per heavy atom. The Hall–Kier alpha value is -1.67. The van der Waals surface area contributed by atoms with Gasteiger partial charge in [-0.15, -0.1) is 5.10 Å². The number of rotatable bonds is 6. The monoisotopic (exact) mass is 268 g/mol. The average Bonchev–Trinajstić information content (AvgIpc) is 2.81. The number of carbonyl (C=O) groups excluding carboxylic acids is 1. The molecular formula is C11H20N6O2. The molecule has 2 heterocycles. The Kier molecular flexibility index (Phi) is 5.10. The van der Waals surface area contributed by atoms with Crippen LogP contribution in [0.3, 0.4) is 0 Å². The van der Waals surface area contributed by atoms with Crippen LogP contribution in [0.1, 0.15) is 6.42 Å². The molecule has 1 aromatic heterocycles. The molecule has 1 saturated heterocycles. The van der Waals surface area contributed by atoms with Gasteiger partial charge < -0.3 is 15.8 Å². The minimum absolute atomic E-state index is 0.0770. The van der Waals surface area contributed by atoms with Gasteiger partial charge >= 0.3 is 0 Å². The van der Waals surface area contributed by atoms with Crippen molar-refractivity contribution in [3.63, 3.8) is 0 Å². The minimum atomic E-state index is -0.0770. The number of nitrogen functional groups attached to an aromatic ring is 1. The van der Waals surface area contributed by atoms with Crippen LogP contribution in [0.5, 0.6) is 0 Å². The molecule has 1 fully saturated rings. The van der Waals surface area contributed by atoms with Crippen LogP contribution in [0.4, 0.5) is 5.95 Å². The minimum Gasteiger partial charge on any atom is -0.379 e. The molecule has 1 aliphatic rings. The van der Waals surface area contributed by atoms with E-state index < -0.39 is 0 Å². The summed E-state index contributed by atoms with van der Waals surface area (Å²) >= 11 is 0. The predicted octanol–water partition coefficient (Wildman–Crippen LogP) is -1.30. The quantitative estimate of drug-likeness (QED) is 0.622. The van der Waals surface area contributed by atoms with E-state index in [1.807, 2.05) is 0 Å². The van der Waals surface area contributed by atoms with Crippen LogP contribution in [-0.2, 0) is 16.1 Å². The number of morpholine rings is 1. The molecule has 0 radical (unpaired) electrons. The lowest BCUT2D eigenvalue weighted by atomic mass is 10.3. The third kappa shape index (κ3) is 4.84. The molecule has 1 amide bonds. The van der Waals surface area contributed by atoms with E-state index in [0.717, 1.165) is 39.3 Å². The summed E-state index contributed by atoms with van der Waals surface area (Å²) in [5, 5.41) is 6.71. The van der Waals surface area contributed by atoms with E-state index in [1.165, 1.54) is 11.0 Å². The van der Waals surface area contributed by atoms with Crippen molar-refractivity contribution in [3.8, 4) is 0 Å². The largest absolute Gasteiger partial charge is 0.379 e. The maximum Gasteiger partial charge on any atom is 0.241 e. The van der Waals surface area contributed by atoms with Crippen molar-refractivity contribution in [2.75, 3.05) is 45.1 Å². The third-order valence-corrected chi connectivity index (χ3v) is 2.94. The van der Waals surface area contributed by atoms with Gasteiger partial charge in [0, 0.05) is 19.6 Å². The number of nitrogens with one attached hydrogen (secondary N) is 1. The zero-order valence-corrected chi connectivity index (χ0v) is 10.9. The van der Waals surface area contributed by atoms with Gasteiger partial charge in [0.05, 0.1) is 13.2 Å². The lowest BCUT2D eigenvalue weighted by Gasteiger charge is -2.26. The Morgan fingerprint density at radius 2 is 2.26 bits per heavy atom. The number of aromatic nitrogens is 3. The van der Waals surface area contributed by atoms with Gasteiger partial charge in [0.25, 0.3) is 0 Å². The number of amides is 1. The highest BCUT2D eigenvalue weighted by Crippen LogP contribution is 1.97. The molecule has 0 atom stereocenters. The molecule has 3 N–H and O–H groups in total. The molecule has 106 valence electrons. The number of hydrogen-bond acceptors (Lipinski definition) is 6. The van der Waals surface area contributed by atoms with Crippen LogP contribution in [0.15, 0.2) is 6.33 Å². The summed E-state index contributed by atoms with van der Waals surface area (Å²) in [6.07, 6.45) is 2.38. The zero-order valence-electron chi connectivity index (χ0n) is 10.9. The van der Waals surface area contributed by atoms with Crippen molar-refractivity contribution < 1.29 is 9.53 Å². The number of nitrogens with zero attached hydrogens (tertiary/aromatic N) is 4. The molecule has 0 unspecified atom stereocenters. The van der Waals surface area contributed by atoms with Gasteiger partial charge in [-0.3, -0.25) is 9.69 Å². The predicted molar refractivity (Wildman–Crippen MR) is 69.3 cm³/mol. The molecule has 0 saturated carbocycles. The van der Waals surface area contributed by atoms with E-state index in [9.17, 15) is 4.79 Å². The van der Waals surface area contributed by atoms with Crippen LogP contribution in [0.2, 0.25) is 0 Å². The van der Waals surface area contributed by atoms with E-state index in [-0.39, 0.29) is 18.4 Å². The van der Waals surface area contributed by atoms with Gasteiger partial charge in [0.15, 0.2) is 0 Å². The fourth-order valence-corrected chi connectivity index (χ4v) is 1.94. The van der Waals surface area contributed by atoms with E-state index in [2.05, 4.69) is 20.3 Å². The Balaban J connectivity index is 1.56. The highest BCUT2D eigenvalue weighted by molar-refractivity contribution is 5.75. The van der Waals surface area contributed by atoms with Gasteiger partial charge in [0.1, 0.15) is 12.9 Å². The van der Waals surface area contributed by atoms with Crippen molar-refractivity contribution in [2.45, 2.75) is 13.0 Å². The first-order valence-electron chi connectivity index (χ1n) is 6.46. The number of nitrogens with two attached hydrogens (primary N) is 1. The Morgan fingerprint density at radius 3 is 2.95 bits per heavy atom. The number of ether oxygens (including phenoxy) is 1. The summed E-state index contributed by atoms with van der Waals surface area (Å²) in [5.41, 5.74) is 5.37. The van der Waals surface area contributed by atoms with E-state index in [0.29, 0.717) is 6.54 Å². The van der Waals surface area contributed by atoms with Gasteiger partial charge in [-0.25, -0.2) is 9.67 Å². The van der Waals surface area contributed by atoms with Gasteiger partial charge in [0.2, 0.25) is 11.9 Å². The van der Waals surface area contributed by atoms with Crippen molar-refractivity contribution in [2.24, 2.45) is 0 Å². The molecule has 0 aromatic carbocycles. The molecule has 0 spiro atoms. The molecule has 8 nitrogen and oxygen atoms in total. The number of hydrogen-bond donors (Lipinski definition) is 2.